The summed E-state index contributed by atoms with van der Waals surface area (Å²) >= 11 is 3.39. The zero-order valence-electron chi connectivity index (χ0n) is 14.9. The molecule has 0 aliphatic rings. The molecule has 0 radical (unpaired) electrons. The molecule has 1 amide bonds. The van der Waals surface area contributed by atoms with Gasteiger partial charge >= 0.3 is 5.97 Å². The van der Waals surface area contributed by atoms with Gasteiger partial charge in [0.15, 0.2) is 11.5 Å². The minimum Gasteiger partial charge on any atom is -0.493 e. The number of rotatable bonds is 8. The monoisotopic (exact) mass is 433 g/mol. The first kappa shape index (κ1) is 20.5. The normalized spacial score (nSPS) is 11.8. The lowest BCUT2D eigenvalue weighted by Crippen LogP contribution is -2.41. The summed E-state index contributed by atoms with van der Waals surface area (Å²) in [6.07, 6.45) is 3.07. The van der Waals surface area contributed by atoms with Crippen LogP contribution in [0.4, 0.5) is 0 Å². The van der Waals surface area contributed by atoms with E-state index in [2.05, 4.69) is 21.2 Å². The van der Waals surface area contributed by atoms with Crippen molar-refractivity contribution in [1.29, 1.82) is 0 Å². The van der Waals surface area contributed by atoms with Gasteiger partial charge in [-0.1, -0.05) is 30.3 Å². The number of carboxylic acid groups (broad SMARTS) is 1. The van der Waals surface area contributed by atoms with Crippen molar-refractivity contribution in [3.8, 4) is 11.5 Å². The molecule has 0 saturated heterocycles. The molecular formula is C20H20BrNO5. The summed E-state index contributed by atoms with van der Waals surface area (Å²) < 4.78 is 11.2. The van der Waals surface area contributed by atoms with Crippen molar-refractivity contribution in [2.24, 2.45) is 0 Å². The zero-order chi connectivity index (χ0) is 19.8. The summed E-state index contributed by atoms with van der Waals surface area (Å²) in [6, 6.07) is 11.6. The third-order valence-electron chi connectivity index (χ3n) is 3.78. The summed E-state index contributed by atoms with van der Waals surface area (Å²) in [4.78, 5) is 23.6. The van der Waals surface area contributed by atoms with Crippen LogP contribution in [0, 0.1) is 0 Å². The van der Waals surface area contributed by atoms with Gasteiger partial charge in [-0.2, -0.15) is 0 Å². The van der Waals surface area contributed by atoms with Crippen molar-refractivity contribution in [3.05, 3.63) is 64.1 Å². The third-order valence-corrected chi connectivity index (χ3v) is 4.37. The number of hydrogen-bond acceptors (Lipinski definition) is 4. The number of hydrogen-bond donors (Lipinski definition) is 2. The van der Waals surface area contributed by atoms with Gasteiger partial charge in [-0.05, 0) is 45.3 Å². The number of aliphatic carboxylic acids is 1. The number of carboxylic acids is 1. The Hall–Kier alpha value is -2.80. The molecule has 0 spiro atoms. The van der Waals surface area contributed by atoms with Crippen molar-refractivity contribution in [1.82, 2.24) is 5.32 Å². The smallest absolute Gasteiger partial charge is 0.326 e. The standard InChI is InChI=1S/C20H20BrNO5/c1-26-17-12-14(10-15(21)19(17)27-2)8-9-18(23)22-16(20(24)25)11-13-6-4-3-5-7-13/h3-10,12,16H,11H2,1-2H3,(H,22,23)(H,24,25)/b9-8+/t16-/m0/s1. The maximum absolute atomic E-state index is 12.2. The van der Waals surface area contributed by atoms with E-state index in [9.17, 15) is 14.7 Å². The maximum atomic E-state index is 12.2. The average molecular weight is 434 g/mol. The van der Waals surface area contributed by atoms with Crippen molar-refractivity contribution in [2.75, 3.05) is 14.2 Å². The maximum Gasteiger partial charge on any atom is 0.326 e. The zero-order valence-corrected chi connectivity index (χ0v) is 16.5. The lowest BCUT2D eigenvalue weighted by atomic mass is 10.1. The molecule has 0 aliphatic carbocycles. The number of amides is 1. The average Bonchev–Trinajstić information content (AvgIpc) is 2.66. The summed E-state index contributed by atoms with van der Waals surface area (Å²) in [6.45, 7) is 0. The van der Waals surface area contributed by atoms with E-state index in [0.717, 1.165) is 5.56 Å². The number of ether oxygens (including phenoxy) is 2. The van der Waals surface area contributed by atoms with Crippen LogP contribution < -0.4 is 14.8 Å². The number of methoxy groups -OCH3 is 2. The van der Waals surface area contributed by atoms with Crippen molar-refractivity contribution < 1.29 is 24.2 Å². The summed E-state index contributed by atoms with van der Waals surface area (Å²) in [5.41, 5.74) is 1.53. The molecular weight excluding hydrogens is 414 g/mol. The van der Waals surface area contributed by atoms with Crippen LogP contribution >= 0.6 is 15.9 Å². The van der Waals surface area contributed by atoms with Gasteiger partial charge in [0.2, 0.25) is 5.91 Å². The van der Waals surface area contributed by atoms with Gasteiger partial charge in [-0.25, -0.2) is 4.79 Å². The second-order valence-electron chi connectivity index (χ2n) is 5.66. The molecule has 142 valence electrons. The molecule has 7 heteroatoms. The van der Waals surface area contributed by atoms with E-state index in [1.54, 1.807) is 18.2 Å². The molecule has 0 bridgehead atoms. The first-order valence-corrected chi connectivity index (χ1v) is 8.90. The molecule has 0 aliphatic heterocycles. The molecule has 2 aromatic carbocycles. The Morgan fingerprint density at radius 1 is 1.19 bits per heavy atom. The minimum atomic E-state index is -1.09. The van der Waals surface area contributed by atoms with Crippen LogP contribution in [0.2, 0.25) is 0 Å². The molecule has 0 fully saturated rings. The van der Waals surface area contributed by atoms with E-state index in [1.807, 2.05) is 30.3 Å². The van der Waals surface area contributed by atoms with Crippen LogP contribution in [0.1, 0.15) is 11.1 Å². The number of carbonyl (C=O) groups excluding carboxylic acids is 1. The molecule has 6 nitrogen and oxygen atoms in total. The second kappa shape index (κ2) is 9.78. The van der Waals surface area contributed by atoms with Crippen LogP contribution in [-0.4, -0.2) is 37.2 Å². The van der Waals surface area contributed by atoms with E-state index < -0.39 is 17.9 Å². The molecule has 2 rings (SSSR count). The highest BCUT2D eigenvalue weighted by atomic mass is 79.9. The van der Waals surface area contributed by atoms with E-state index in [1.165, 1.54) is 20.3 Å². The fraction of sp³-hybridized carbons (Fsp3) is 0.200. The SMILES string of the molecule is COc1cc(/C=C/C(=O)N[C@@H](Cc2ccccc2)C(=O)O)cc(Br)c1OC. The van der Waals surface area contributed by atoms with Gasteiger partial charge < -0.3 is 19.9 Å². The van der Waals surface area contributed by atoms with Gasteiger partial charge in [0.05, 0.1) is 18.7 Å². The molecule has 2 aromatic rings. The van der Waals surface area contributed by atoms with E-state index in [4.69, 9.17) is 9.47 Å². The second-order valence-corrected chi connectivity index (χ2v) is 6.52. The van der Waals surface area contributed by atoms with Crippen LogP contribution in [0.25, 0.3) is 6.08 Å². The summed E-state index contributed by atoms with van der Waals surface area (Å²) in [5, 5.41) is 11.9. The van der Waals surface area contributed by atoms with Crippen molar-refractivity contribution in [3.63, 3.8) is 0 Å². The number of halogens is 1. The van der Waals surface area contributed by atoms with Crippen LogP contribution in [0.3, 0.4) is 0 Å². The van der Waals surface area contributed by atoms with Gasteiger partial charge in [-0.15, -0.1) is 0 Å². The highest BCUT2D eigenvalue weighted by molar-refractivity contribution is 9.10. The Morgan fingerprint density at radius 3 is 2.48 bits per heavy atom. The molecule has 2 N–H and O–H groups in total. The Bertz CT molecular complexity index is 836. The van der Waals surface area contributed by atoms with Gasteiger partial charge in [-0.3, -0.25) is 4.79 Å². The Balaban J connectivity index is 2.09. The molecule has 0 saturated carbocycles. The minimum absolute atomic E-state index is 0.206. The predicted molar refractivity (Wildman–Crippen MR) is 106 cm³/mol. The van der Waals surface area contributed by atoms with E-state index in [0.29, 0.717) is 21.5 Å². The Labute approximate surface area is 165 Å². The highest BCUT2D eigenvalue weighted by Gasteiger charge is 2.19. The number of benzene rings is 2. The molecule has 1 atom stereocenters. The topological polar surface area (TPSA) is 84.9 Å². The molecule has 0 aromatic heterocycles. The van der Waals surface area contributed by atoms with Crippen LogP contribution in [-0.2, 0) is 16.0 Å². The Kier molecular flexibility index (Phi) is 7.43. The first-order chi connectivity index (χ1) is 12.9. The van der Waals surface area contributed by atoms with Gasteiger partial charge in [0.1, 0.15) is 6.04 Å². The van der Waals surface area contributed by atoms with Crippen molar-refractivity contribution >= 4 is 33.9 Å². The quantitative estimate of drug-likeness (QED) is 0.623. The first-order valence-electron chi connectivity index (χ1n) is 8.11. The number of nitrogens with one attached hydrogen (secondary N) is 1. The Morgan fingerprint density at radius 2 is 1.89 bits per heavy atom. The van der Waals surface area contributed by atoms with Crippen LogP contribution in [0.5, 0.6) is 11.5 Å². The largest absolute Gasteiger partial charge is 0.493 e. The van der Waals surface area contributed by atoms with Gasteiger partial charge in [0, 0.05) is 12.5 Å². The van der Waals surface area contributed by atoms with E-state index in [-0.39, 0.29) is 6.42 Å². The summed E-state index contributed by atoms with van der Waals surface area (Å²) in [7, 11) is 3.05. The van der Waals surface area contributed by atoms with Crippen molar-refractivity contribution in [2.45, 2.75) is 12.5 Å². The highest BCUT2D eigenvalue weighted by Crippen LogP contribution is 2.36. The summed E-state index contributed by atoms with van der Waals surface area (Å²) in [5.74, 6) is -0.522. The molecule has 0 heterocycles. The lowest BCUT2D eigenvalue weighted by Gasteiger charge is -2.13. The predicted octanol–water partition coefficient (Wildman–Crippen LogP) is 3.29. The van der Waals surface area contributed by atoms with Crippen LogP contribution in [0.15, 0.2) is 53.0 Å². The van der Waals surface area contributed by atoms with Gasteiger partial charge in [0.25, 0.3) is 0 Å². The number of carbonyl (C=O) groups is 2. The molecule has 0 unspecified atom stereocenters. The fourth-order valence-electron chi connectivity index (χ4n) is 2.48. The van der Waals surface area contributed by atoms with E-state index >= 15 is 0 Å². The molecule has 27 heavy (non-hydrogen) atoms. The fourth-order valence-corrected chi connectivity index (χ4v) is 3.10. The third kappa shape index (κ3) is 5.86. The lowest BCUT2D eigenvalue weighted by molar-refractivity contribution is -0.141.